The highest BCUT2D eigenvalue weighted by atomic mass is 16.5. The van der Waals surface area contributed by atoms with Gasteiger partial charge in [0, 0.05) is 13.1 Å². The molecule has 2 atom stereocenters. The summed E-state index contributed by atoms with van der Waals surface area (Å²) in [5.74, 6) is -0.963. The van der Waals surface area contributed by atoms with Gasteiger partial charge in [0.05, 0.1) is 12.0 Å². The first kappa shape index (κ1) is 14.1. The van der Waals surface area contributed by atoms with Gasteiger partial charge in [-0.05, 0) is 30.9 Å². The molecule has 2 heterocycles. The molecule has 1 saturated heterocycles. The maximum absolute atomic E-state index is 12.7. The molecule has 0 spiro atoms. The van der Waals surface area contributed by atoms with E-state index in [0.29, 0.717) is 19.6 Å². The van der Waals surface area contributed by atoms with E-state index in [2.05, 4.69) is 0 Å². The van der Waals surface area contributed by atoms with E-state index in [9.17, 15) is 14.7 Å². The Hall–Kier alpha value is -1.88. The van der Waals surface area contributed by atoms with Gasteiger partial charge in [-0.3, -0.25) is 9.59 Å². The number of benzene rings is 1. The van der Waals surface area contributed by atoms with Crippen LogP contribution in [-0.4, -0.2) is 41.6 Å². The Labute approximate surface area is 123 Å². The Morgan fingerprint density at radius 2 is 2.14 bits per heavy atom. The summed E-state index contributed by atoms with van der Waals surface area (Å²) in [6, 6.07) is 7.80. The molecule has 0 bridgehead atoms. The van der Waals surface area contributed by atoms with E-state index in [4.69, 9.17) is 4.74 Å². The smallest absolute Gasteiger partial charge is 0.311 e. The number of rotatable bonds is 2. The van der Waals surface area contributed by atoms with Crippen molar-refractivity contribution in [3.05, 3.63) is 35.4 Å². The number of nitrogens with zero attached hydrogens (tertiary/aromatic N) is 1. The standard InChI is InChI=1S/C16H19NO4/c1-16(15(19)20)7-8-17(10-16)14(18)13-12-5-3-2-4-11(12)6-9-21-13/h2-5,13H,6-10H2,1H3,(H,19,20)/t13-,16+/m0/s1. The normalized spacial score (nSPS) is 28.2. The Balaban J connectivity index is 1.80. The summed E-state index contributed by atoms with van der Waals surface area (Å²) >= 11 is 0. The summed E-state index contributed by atoms with van der Waals surface area (Å²) in [6.45, 7) is 2.95. The predicted molar refractivity (Wildman–Crippen MR) is 75.8 cm³/mol. The third-order valence-corrected chi connectivity index (χ3v) is 4.52. The van der Waals surface area contributed by atoms with Gasteiger partial charge < -0.3 is 14.7 Å². The van der Waals surface area contributed by atoms with Gasteiger partial charge in [0.25, 0.3) is 5.91 Å². The number of carbonyl (C=O) groups excluding carboxylic acids is 1. The predicted octanol–water partition coefficient (Wildman–Crippen LogP) is 1.62. The van der Waals surface area contributed by atoms with Crippen molar-refractivity contribution in [3.63, 3.8) is 0 Å². The fraction of sp³-hybridized carbons (Fsp3) is 0.500. The first-order valence-corrected chi connectivity index (χ1v) is 7.23. The number of ether oxygens (including phenoxy) is 1. The first-order chi connectivity index (χ1) is 10.0. The molecule has 5 heteroatoms. The highest BCUT2D eigenvalue weighted by Gasteiger charge is 2.44. The third kappa shape index (κ3) is 2.42. The molecule has 1 amide bonds. The van der Waals surface area contributed by atoms with Crippen molar-refractivity contribution in [2.45, 2.75) is 25.9 Å². The monoisotopic (exact) mass is 289 g/mol. The number of carboxylic acids is 1. The zero-order chi connectivity index (χ0) is 15.0. The van der Waals surface area contributed by atoms with E-state index >= 15 is 0 Å². The Kier molecular flexibility index (Phi) is 3.45. The molecule has 1 N–H and O–H groups in total. The second-order valence-electron chi connectivity index (χ2n) is 6.08. The van der Waals surface area contributed by atoms with E-state index < -0.39 is 17.5 Å². The SMILES string of the molecule is C[C@@]1(C(=O)O)CCN(C(=O)[C@H]2OCCc3ccccc32)C1. The van der Waals surface area contributed by atoms with Crippen LogP contribution in [-0.2, 0) is 20.7 Å². The average molecular weight is 289 g/mol. The molecule has 0 radical (unpaired) electrons. The van der Waals surface area contributed by atoms with E-state index in [1.54, 1.807) is 11.8 Å². The van der Waals surface area contributed by atoms with Crippen LogP contribution in [0.25, 0.3) is 0 Å². The highest BCUT2D eigenvalue weighted by Crippen LogP contribution is 2.34. The highest BCUT2D eigenvalue weighted by molar-refractivity contribution is 5.85. The number of amides is 1. The van der Waals surface area contributed by atoms with Gasteiger partial charge in [-0.25, -0.2) is 0 Å². The Bertz CT molecular complexity index is 585. The van der Waals surface area contributed by atoms with Crippen LogP contribution >= 0.6 is 0 Å². The summed E-state index contributed by atoms with van der Waals surface area (Å²) < 4.78 is 5.67. The van der Waals surface area contributed by atoms with Gasteiger partial charge in [-0.15, -0.1) is 0 Å². The van der Waals surface area contributed by atoms with Crippen molar-refractivity contribution >= 4 is 11.9 Å². The van der Waals surface area contributed by atoms with Crippen LogP contribution in [0.1, 0.15) is 30.6 Å². The van der Waals surface area contributed by atoms with Gasteiger partial charge in [0.1, 0.15) is 0 Å². The Morgan fingerprint density at radius 1 is 1.38 bits per heavy atom. The molecule has 3 rings (SSSR count). The summed E-state index contributed by atoms with van der Waals surface area (Å²) in [5.41, 5.74) is 1.21. The maximum Gasteiger partial charge on any atom is 0.311 e. The van der Waals surface area contributed by atoms with Crippen LogP contribution in [0.2, 0.25) is 0 Å². The van der Waals surface area contributed by atoms with Gasteiger partial charge in [0.15, 0.2) is 6.10 Å². The molecule has 0 saturated carbocycles. The summed E-state index contributed by atoms with van der Waals surface area (Å²) in [6.07, 6.45) is 0.709. The number of carboxylic acid groups (broad SMARTS) is 1. The van der Waals surface area contributed by atoms with Crippen molar-refractivity contribution < 1.29 is 19.4 Å². The minimum absolute atomic E-state index is 0.118. The van der Waals surface area contributed by atoms with Gasteiger partial charge in [0.2, 0.25) is 0 Å². The van der Waals surface area contributed by atoms with Crippen molar-refractivity contribution in [2.75, 3.05) is 19.7 Å². The zero-order valence-corrected chi connectivity index (χ0v) is 12.0. The molecule has 5 nitrogen and oxygen atoms in total. The van der Waals surface area contributed by atoms with Crippen LogP contribution < -0.4 is 0 Å². The molecule has 2 aliphatic rings. The van der Waals surface area contributed by atoms with Gasteiger partial charge >= 0.3 is 5.97 Å². The van der Waals surface area contributed by atoms with Crippen LogP contribution in [0, 0.1) is 5.41 Å². The number of aliphatic carboxylic acids is 1. The molecule has 0 aromatic heterocycles. The van der Waals surface area contributed by atoms with Crippen LogP contribution in [0.4, 0.5) is 0 Å². The molecule has 0 unspecified atom stereocenters. The topological polar surface area (TPSA) is 66.8 Å². The maximum atomic E-state index is 12.7. The summed E-state index contributed by atoms with van der Waals surface area (Å²) in [4.78, 5) is 25.6. The molecule has 1 fully saturated rings. The number of hydrogen-bond donors (Lipinski definition) is 1. The molecule has 0 aliphatic carbocycles. The van der Waals surface area contributed by atoms with Crippen molar-refractivity contribution in [1.29, 1.82) is 0 Å². The van der Waals surface area contributed by atoms with Crippen LogP contribution in [0.15, 0.2) is 24.3 Å². The first-order valence-electron chi connectivity index (χ1n) is 7.23. The largest absolute Gasteiger partial charge is 0.481 e. The van der Waals surface area contributed by atoms with Crippen molar-refractivity contribution in [1.82, 2.24) is 4.90 Å². The number of fused-ring (bicyclic) bond motifs is 1. The van der Waals surface area contributed by atoms with E-state index in [1.807, 2.05) is 24.3 Å². The molecular formula is C16H19NO4. The van der Waals surface area contributed by atoms with Crippen molar-refractivity contribution in [3.8, 4) is 0 Å². The summed E-state index contributed by atoms with van der Waals surface area (Å²) in [7, 11) is 0. The third-order valence-electron chi connectivity index (χ3n) is 4.52. The number of likely N-dealkylation sites (tertiary alicyclic amines) is 1. The number of hydrogen-bond acceptors (Lipinski definition) is 3. The van der Waals surface area contributed by atoms with Gasteiger partial charge in [-0.2, -0.15) is 0 Å². The second-order valence-corrected chi connectivity index (χ2v) is 6.08. The Morgan fingerprint density at radius 3 is 2.86 bits per heavy atom. The molecule has 1 aromatic rings. The minimum atomic E-state index is -0.845. The molecular weight excluding hydrogens is 270 g/mol. The van der Waals surface area contributed by atoms with E-state index in [1.165, 1.54) is 0 Å². The van der Waals surface area contributed by atoms with E-state index in [-0.39, 0.29) is 12.5 Å². The molecule has 21 heavy (non-hydrogen) atoms. The summed E-state index contributed by atoms with van der Waals surface area (Å²) in [5, 5.41) is 9.27. The molecule has 112 valence electrons. The number of carbonyl (C=O) groups is 2. The second kappa shape index (κ2) is 5.15. The minimum Gasteiger partial charge on any atom is -0.481 e. The van der Waals surface area contributed by atoms with E-state index in [0.717, 1.165) is 17.5 Å². The fourth-order valence-corrected chi connectivity index (χ4v) is 3.09. The molecule has 1 aromatic carbocycles. The lowest BCUT2D eigenvalue weighted by atomic mass is 9.90. The fourth-order valence-electron chi connectivity index (χ4n) is 3.09. The van der Waals surface area contributed by atoms with Crippen LogP contribution in [0.5, 0.6) is 0 Å². The van der Waals surface area contributed by atoms with Crippen LogP contribution in [0.3, 0.4) is 0 Å². The van der Waals surface area contributed by atoms with Gasteiger partial charge in [-0.1, -0.05) is 24.3 Å². The zero-order valence-electron chi connectivity index (χ0n) is 12.0. The quantitative estimate of drug-likeness (QED) is 0.898. The van der Waals surface area contributed by atoms with Crippen molar-refractivity contribution in [2.24, 2.45) is 5.41 Å². The lowest BCUT2D eigenvalue weighted by Crippen LogP contribution is -2.39. The molecule has 2 aliphatic heterocycles. The average Bonchev–Trinajstić information content (AvgIpc) is 2.90. The lowest BCUT2D eigenvalue weighted by Gasteiger charge is -2.29. The lowest BCUT2D eigenvalue weighted by molar-refractivity contribution is -0.149.